The number of nitrogens with zero attached hydrogens (tertiary/aromatic N) is 1. The second kappa shape index (κ2) is 10.8. The molecule has 1 aliphatic carbocycles. The largest absolute Gasteiger partial charge is 0.507 e. The fraction of sp³-hybridized carbons (Fsp3) is 0.714. The van der Waals surface area contributed by atoms with Crippen LogP contribution in [-0.4, -0.2) is 26.7 Å². The van der Waals surface area contributed by atoms with Crippen LogP contribution in [0.2, 0.25) is 0 Å². The van der Waals surface area contributed by atoms with Gasteiger partial charge in [0.2, 0.25) is 0 Å². The molecule has 0 radical (unpaired) electrons. The summed E-state index contributed by atoms with van der Waals surface area (Å²) in [5.74, 6) is 1.36. The Morgan fingerprint density at radius 3 is 2.53 bits per heavy atom. The number of aryl methyl sites for hydroxylation is 1. The fourth-order valence-electron chi connectivity index (χ4n) is 5.72. The van der Waals surface area contributed by atoms with E-state index in [2.05, 4.69) is 40.7 Å². The van der Waals surface area contributed by atoms with Gasteiger partial charge in [-0.2, -0.15) is 0 Å². The third-order valence-corrected chi connectivity index (χ3v) is 8.02. The van der Waals surface area contributed by atoms with Gasteiger partial charge in [-0.05, 0) is 62.4 Å². The van der Waals surface area contributed by atoms with E-state index in [4.69, 9.17) is 4.74 Å². The smallest absolute Gasteiger partial charge is 0.259 e. The number of aromatic nitrogens is 1. The summed E-state index contributed by atoms with van der Waals surface area (Å²) in [6, 6.07) is 0. The summed E-state index contributed by atoms with van der Waals surface area (Å²) in [6.07, 6.45) is 7.99. The molecule has 34 heavy (non-hydrogen) atoms. The summed E-state index contributed by atoms with van der Waals surface area (Å²) in [4.78, 5) is 24.9. The SMILES string of the molecule is CCC(C)CC(C)/C=C(\C)[C@@H]1O[C@H](c2c(O)c(C3(O)CCC(=O)CC3)cn(C)c2=O)CC[C@H]1C. The molecule has 5 atom stereocenters. The second-order valence-electron chi connectivity index (χ2n) is 11.0. The van der Waals surface area contributed by atoms with Crippen LogP contribution in [0.4, 0.5) is 0 Å². The van der Waals surface area contributed by atoms with Crippen molar-refractivity contribution >= 4 is 5.78 Å². The Kier molecular flexibility index (Phi) is 8.46. The first-order valence-electron chi connectivity index (χ1n) is 13.0. The molecule has 1 aromatic rings. The molecule has 2 fully saturated rings. The molecular formula is C28H43NO5. The molecule has 6 nitrogen and oxygen atoms in total. The lowest BCUT2D eigenvalue weighted by molar-refractivity contribution is -0.125. The molecule has 1 aliphatic heterocycles. The van der Waals surface area contributed by atoms with Crippen molar-refractivity contribution in [1.82, 2.24) is 4.57 Å². The first-order valence-corrected chi connectivity index (χ1v) is 13.0. The lowest BCUT2D eigenvalue weighted by Crippen LogP contribution is -2.37. The monoisotopic (exact) mass is 473 g/mol. The molecule has 1 aromatic heterocycles. The minimum atomic E-state index is -1.32. The van der Waals surface area contributed by atoms with Gasteiger partial charge >= 0.3 is 0 Å². The number of aliphatic hydroxyl groups is 1. The van der Waals surface area contributed by atoms with Crippen LogP contribution in [0.1, 0.15) is 103 Å². The molecule has 2 aliphatic rings. The van der Waals surface area contributed by atoms with Crippen molar-refractivity contribution in [1.29, 1.82) is 0 Å². The summed E-state index contributed by atoms with van der Waals surface area (Å²) >= 11 is 0. The molecule has 0 aromatic carbocycles. The molecular weight excluding hydrogens is 430 g/mol. The topological polar surface area (TPSA) is 88.8 Å². The van der Waals surface area contributed by atoms with E-state index in [9.17, 15) is 19.8 Å². The number of Topliss-reactive ketones (excluding diaryl/α,β-unsaturated/α-hetero) is 1. The Morgan fingerprint density at radius 2 is 1.91 bits per heavy atom. The first kappa shape index (κ1) is 26.7. The van der Waals surface area contributed by atoms with Crippen molar-refractivity contribution in [3.63, 3.8) is 0 Å². The average molecular weight is 474 g/mol. The third-order valence-electron chi connectivity index (χ3n) is 8.02. The number of ether oxygens (including phenoxy) is 1. The zero-order chi connectivity index (χ0) is 25.2. The molecule has 190 valence electrons. The van der Waals surface area contributed by atoms with Gasteiger partial charge in [0.1, 0.15) is 11.5 Å². The molecule has 2 heterocycles. The normalized spacial score (nSPS) is 27.4. The van der Waals surface area contributed by atoms with Crippen LogP contribution in [0.25, 0.3) is 0 Å². The minimum Gasteiger partial charge on any atom is -0.507 e. The van der Waals surface area contributed by atoms with Gasteiger partial charge in [0.25, 0.3) is 5.56 Å². The zero-order valence-electron chi connectivity index (χ0n) is 21.8. The lowest BCUT2D eigenvalue weighted by Gasteiger charge is -2.37. The van der Waals surface area contributed by atoms with Crippen molar-refractivity contribution in [2.75, 3.05) is 0 Å². The van der Waals surface area contributed by atoms with Crippen LogP contribution in [0, 0.1) is 17.8 Å². The molecule has 0 amide bonds. The molecule has 2 unspecified atom stereocenters. The molecule has 0 bridgehead atoms. The quantitative estimate of drug-likeness (QED) is 0.525. The van der Waals surface area contributed by atoms with Crippen molar-refractivity contribution in [3.05, 3.63) is 39.3 Å². The van der Waals surface area contributed by atoms with Gasteiger partial charge < -0.3 is 19.5 Å². The average Bonchev–Trinajstić information content (AvgIpc) is 2.79. The number of carbonyl (C=O) groups excluding carboxylic acids is 1. The predicted molar refractivity (Wildman–Crippen MR) is 134 cm³/mol. The highest BCUT2D eigenvalue weighted by atomic mass is 16.5. The van der Waals surface area contributed by atoms with Crippen LogP contribution in [0.5, 0.6) is 5.75 Å². The Bertz CT molecular complexity index is 968. The van der Waals surface area contributed by atoms with E-state index in [-0.39, 0.29) is 54.4 Å². The number of pyridine rings is 1. The summed E-state index contributed by atoms with van der Waals surface area (Å²) in [5, 5.41) is 22.5. The van der Waals surface area contributed by atoms with Gasteiger partial charge in [0, 0.05) is 31.6 Å². The number of hydrogen-bond donors (Lipinski definition) is 2. The van der Waals surface area contributed by atoms with Gasteiger partial charge in [-0.3, -0.25) is 9.59 Å². The third kappa shape index (κ3) is 5.65. The molecule has 2 N–H and O–H groups in total. The number of carbonyl (C=O) groups is 1. The number of hydrogen-bond acceptors (Lipinski definition) is 5. The van der Waals surface area contributed by atoms with Gasteiger partial charge in [-0.15, -0.1) is 0 Å². The van der Waals surface area contributed by atoms with Crippen LogP contribution in [-0.2, 0) is 22.2 Å². The highest BCUT2D eigenvalue weighted by Gasteiger charge is 2.40. The predicted octanol–water partition coefficient (Wildman–Crippen LogP) is 5.30. The summed E-state index contributed by atoms with van der Waals surface area (Å²) in [7, 11) is 1.64. The van der Waals surface area contributed by atoms with E-state index in [0.29, 0.717) is 29.7 Å². The minimum absolute atomic E-state index is 0.117. The van der Waals surface area contributed by atoms with E-state index in [1.807, 2.05) is 0 Å². The van der Waals surface area contributed by atoms with Crippen LogP contribution >= 0.6 is 0 Å². The van der Waals surface area contributed by atoms with Crippen molar-refractivity contribution in [3.8, 4) is 5.75 Å². The number of allylic oxidation sites excluding steroid dienone is 1. The Labute approximate surface area is 204 Å². The van der Waals surface area contributed by atoms with Crippen molar-refractivity contribution < 1.29 is 19.7 Å². The standard InChI is InChI=1S/C28H43NO5/c1-7-17(2)14-18(3)15-20(5)26-19(4)8-9-23(34-26)24-25(31)22(16-29(6)27(24)32)28(33)12-10-21(30)11-13-28/h15-19,23,26,31,33H,7-14H2,1-6H3/b20-15+/t17?,18?,19-,23+,26-/m1/s1. The molecule has 6 heteroatoms. The Balaban J connectivity index is 1.91. The van der Waals surface area contributed by atoms with Gasteiger partial charge in [0.15, 0.2) is 0 Å². The maximum atomic E-state index is 13.1. The fourth-order valence-corrected chi connectivity index (χ4v) is 5.72. The maximum absolute atomic E-state index is 13.1. The van der Waals surface area contributed by atoms with E-state index in [1.54, 1.807) is 7.05 Å². The van der Waals surface area contributed by atoms with Crippen molar-refractivity contribution in [2.24, 2.45) is 24.8 Å². The Hall–Kier alpha value is -1.92. The van der Waals surface area contributed by atoms with Gasteiger partial charge in [-0.25, -0.2) is 0 Å². The second-order valence-corrected chi connectivity index (χ2v) is 11.0. The summed E-state index contributed by atoms with van der Waals surface area (Å²) in [6.45, 7) is 11.0. The maximum Gasteiger partial charge on any atom is 0.259 e. The number of ketones is 1. The van der Waals surface area contributed by atoms with Gasteiger partial charge in [-0.1, -0.05) is 40.2 Å². The van der Waals surface area contributed by atoms with Gasteiger partial charge in [0.05, 0.1) is 23.4 Å². The van der Waals surface area contributed by atoms with Crippen LogP contribution in [0.3, 0.4) is 0 Å². The number of rotatable bonds is 7. The first-order chi connectivity index (χ1) is 16.0. The molecule has 3 rings (SSSR count). The molecule has 1 saturated carbocycles. The summed E-state index contributed by atoms with van der Waals surface area (Å²) in [5.41, 5.74) is 0.0977. The van der Waals surface area contributed by atoms with E-state index in [1.165, 1.54) is 16.3 Å². The van der Waals surface area contributed by atoms with Crippen LogP contribution < -0.4 is 5.56 Å². The Morgan fingerprint density at radius 1 is 1.26 bits per heavy atom. The molecule has 0 spiro atoms. The highest BCUT2D eigenvalue weighted by Crippen LogP contribution is 2.44. The number of aromatic hydroxyl groups is 1. The zero-order valence-corrected chi connectivity index (χ0v) is 21.8. The van der Waals surface area contributed by atoms with E-state index >= 15 is 0 Å². The highest BCUT2D eigenvalue weighted by molar-refractivity contribution is 5.79. The van der Waals surface area contributed by atoms with Crippen molar-refractivity contribution in [2.45, 2.75) is 104 Å². The summed E-state index contributed by atoms with van der Waals surface area (Å²) < 4.78 is 7.93. The van der Waals surface area contributed by atoms with E-state index < -0.39 is 11.7 Å². The van der Waals surface area contributed by atoms with Crippen LogP contribution in [0.15, 0.2) is 22.6 Å². The lowest BCUT2D eigenvalue weighted by atomic mass is 9.78. The van der Waals surface area contributed by atoms with E-state index in [0.717, 1.165) is 19.3 Å². The molecule has 1 saturated heterocycles.